The fourth-order valence-electron chi connectivity index (χ4n) is 1.39. The normalized spacial score (nSPS) is 9.89. The summed E-state index contributed by atoms with van der Waals surface area (Å²) in [6.07, 6.45) is 1.16. The number of Topliss-reactive ketones (excluding diaryl/α,β-unsaturated/α-hetero) is 1. The van der Waals surface area contributed by atoms with E-state index in [9.17, 15) is 9.59 Å². The average Bonchev–Trinajstić information content (AvgIpc) is 2.31. The van der Waals surface area contributed by atoms with E-state index in [-0.39, 0.29) is 11.8 Å². The van der Waals surface area contributed by atoms with Crippen LogP contribution in [0.5, 0.6) is 0 Å². The Balaban J connectivity index is 2.15. The molecule has 4 nitrogen and oxygen atoms in total. The summed E-state index contributed by atoms with van der Waals surface area (Å²) in [5, 5.41) is 5.38. The Kier molecular flexibility index (Phi) is 6.43. The minimum absolute atomic E-state index is 0.0742. The molecular weight excluding hydrogens is 296 g/mol. The van der Waals surface area contributed by atoms with Gasteiger partial charge in [-0.2, -0.15) is 0 Å². The summed E-state index contributed by atoms with van der Waals surface area (Å²) in [7, 11) is 0. The largest absolute Gasteiger partial charge is 0.338 e. The quantitative estimate of drug-likeness (QED) is 0.846. The van der Waals surface area contributed by atoms with Gasteiger partial charge in [0.1, 0.15) is 5.78 Å². The van der Waals surface area contributed by atoms with Gasteiger partial charge in [0.2, 0.25) is 0 Å². The van der Waals surface area contributed by atoms with Crippen LogP contribution in [0.3, 0.4) is 0 Å². The molecule has 0 saturated heterocycles. The number of nitrogens with one attached hydrogen (secondary N) is 2. The van der Waals surface area contributed by atoms with E-state index in [0.29, 0.717) is 19.5 Å². The number of amides is 2. The van der Waals surface area contributed by atoms with Gasteiger partial charge < -0.3 is 10.6 Å². The van der Waals surface area contributed by atoms with E-state index in [2.05, 4.69) is 26.6 Å². The molecule has 0 radical (unpaired) electrons. The van der Waals surface area contributed by atoms with Gasteiger partial charge in [-0.1, -0.05) is 28.1 Å². The molecule has 0 heterocycles. The highest BCUT2D eigenvalue weighted by atomic mass is 79.9. The Labute approximate surface area is 115 Å². The Morgan fingerprint density at radius 2 is 1.72 bits per heavy atom. The molecule has 1 rings (SSSR count). The van der Waals surface area contributed by atoms with E-state index in [1.54, 1.807) is 0 Å². The predicted molar refractivity (Wildman–Crippen MR) is 74.5 cm³/mol. The molecule has 0 aliphatic carbocycles. The third-order valence-corrected chi connectivity index (χ3v) is 2.90. The number of rotatable bonds is 6. The summed E-state index contributed by atoms with van der Waals surface area (Å²) in [4.78, 5) is 22.0. The highest BCUT2D eigenvalue weighted by Crippen LogP contribution is 2.10. The van der Waals surface area contributed by atoms with Gasteiger partial charge in [0, 0.05) is 24.0 Å². The molecule has 0 bridgehead atoms. The third kappa shape index (κ3) is 6.39. The lowest BCUT2D eigenvalue weighted by molar-refractivity contribution is -0.116. The number of carbonyl (C=O) groups excluding carboxylic acids is 2. The Hall–Kier alpha value is -1.36. The lowest BCUT2D eigenvalue weighted by Crippen LogP contribution is -2.37. The molecule has 98 valence electrons. The van der Waals surface area contributed by atoms with E-state index < -0.39 is 0 Å². The van der Waals surface area contributed by atoms with E-state index >= 15 is 0 Å². The van der Waals surface area contributed by atoms with Crippen LogP contribution in [-0.2, 0) is 11.2 Å². The van der Waals surface area contributed by atoms with Crippen LogP contribution in [0.4, 0.5) is 4.79 Å². The highest BCUT2D eigenvalue weighted by molar-refractivity contribution is 9.10. The average molecular weight is 313 g/mol. The third-order valence-electron chi connectivity index (χ3n) is 2.38. The van der Waals surface area contributed by atoms with Crippen molar-refractivity contribution in [1.82, 2.24) is 10.6 Å². The zero-order chi connectivity index (χ0) is 13.4. The number of urea groups is 1. The molecule has 0 aliphatic heterocycles. The molecule has 18 heavy (non-hydrogen) atoms. The van der Waals surface area contributed by atoms with Crippen LogP contribution in [0.1, 0.15) is 18.9 Å². The number of hydrogen-bond acceptors (Lipinski definition) is 2. The highest BCUT2D eigenvalue weighted by Gasteiger charge is 2.00. The molecule has 0 saturated carbocycles. The van der Waals surface area contributed by atoms with E-state index in [4.69, 9.17) is 0 Å². The molecule has 0 unspecified atom stereocenters. The summed E-state index contributed by atoms with van der Waals surface area (Å²) < 4.78 is 1.04. The molecule has 0 aliphatic rings. The smallest absolute Gasteiger partial charge is 0.314 e. The minimum atomic E-state index is -0.228. The van der Waals surface area contributed by atoms with Crippen molar-refractivity contribution in [3.63, 3.8) is 0 Å². The second-order valence-electron chi connectivity index (χ2n) is 4.01. The second-order valence-corrected chi connectivity index (χ2v) is 4.93. The van der Waals surface area contributed by atoms with Crippen molar-refractivity contribution in [3.8, 4) is 0 Å². The van der Waals surface area contributed by atoms with Crippen LogP contribution in [-0.4, -0.2) is 24.9 Å². The molecule has 0 fully saturated rings. The fourth-order valence-corrected chi connectivity index (χ4v) is 1.65. The summed E-state index contributed by atoms with van der Waals surface area (Å²) in [5.74, 6) is 0.0742. The van der Waals surface area contributed by atoms with Gasteiger partial charge in [-0.3, -0.25) is 4.79 Å². The Bertz CT molecular complexity index is 404. The molecule has 1 aromatic rings. The molecule has 5 heteroatoms. The van der Waals surface area contributed by atoms with Crippen LogP contribution in [0.2, 0.25) is 0 Å². The van der Waals surface area contributed by atoms with Crippen molar-refractivity contribution >= 4 is 27.7 Å². The Morgan fingerprint density at radius 1 is 1.11 bits per heavy atom. The molecule has 2 N–H and O–H groups in total. The van der Waals surface area contributed by atoms with Crippen molar-refractivity contribution < 1.29 is 9.59 Å². The summed E-state index contributed by atoms with van der Waals surface area (Å²) >= 11 is 3.37. The molecule has 0 aromatic heterocycles. The maximum atomic E-state index is 11.3. The van der Waals surface area contributed by atoms with Crippen molar-refractivity contribution in [2.24, 2.45) is 0 Å². The second kappa shape index (κ2) is 7.87. The maximum absolute atomic E-state index is 11.3. The first-order chi connectivity index (χ1) is 8.58. The van der Waals surface area contributed by atoms with Gasteiger partial charge in [-0.25, -0.2) is 4.79 Å². The summed E-state index contributed by atoms with van der Waals surface area (Å²) in [6, 6.07) is 7.75. The van der Waals surface area contributed by atoms with E-state index in [0.717, 1.165) is 10.9 Å². The van der Waals surface area contributed by atoms with Gasteiger partial charge in [0.05, 0.1) is 0 Å². The van der Waals surface area contributed by atoms with Crippen molar-refractivity contribution in [3.05, 3.63) is 34.3 Å². The van der Waals surface area contributed by atoms with E-state index in [1.165, 1.54) is 12.5 Å². The molecule has 0 spiro atoms. The monoisotopic (exact) mass is 312 g/mol. The van der Waals surface area contributed by atoms with Gasteiger partial charge in [0.25, 0.3) is 0 Å². The molecule has 2 amide bonds. The number of benzene rings is 1. The van der Waals surface area contributed by atoms with Gasteiger partial charge in [-0.15, -0.1) is 0 Å². The topological polar surface area (TPSA) is 58.2 Å². The minimum Gasteiger partial charge on any atom is -0.338 e. The van der Waals surface area contributed by atoms with Gasteiger partial charge in [0.15, 0.2) is 0 Å². The fraction of sp³-hybridized carbons (Fsp3) is 0.385. The van der Waals surface area contributed by atoms with Crippen LogP contribution in [0.15, 0.2) is 28.7 Å². The number of carbonyl (C=O) groups is 2. The van der Waals surface area contributed by atoms with E-state index in [1.807, 2.05) is 24.3 Å². The Morgan fingerprint density at radius 3 is 2.33 bits per heavy atom. The molecular formula is C13H17BrN2O2. The van der Waals surface area contributed by atoms with Crippen LogP contribution >= 0.6 is 15.9 Å². The van der Waals surface area contributed by atoms with Crippen molar-refractivity contribution in [2.45, 2.75) is 19.8 Å². The SMILES string of the molecule is CC(=O)CCNC(=O)NCCc1ccc(Br)cc1. The lowest BCUT2D eigenvalue weighted by Gasteiger charge is -2.06. The number of hydrogen-bond donors (Lipinski definition) is 2. The standard InChI is InChI=1S/C13H17BrN2O2/c1-10(17)6-8-15-13(18)16-9-7-11-2-4-12(14)5-3-11/h2-5H,6-9H2,1H3,(H2,15,16,18). The molecule has 1 aromatic carbocycles. The van der Waals surface area contributed by atoms with Gasteiger partial charge in [-0.05, 0) is 31.0 Å². The maximum Gasteiger partial charge on any atom is 0.314 e. The summed E-state index contributed by atoms with van der Waals surface area (Å²) in [6.45, 7) is 2.47. The number of halogens is 1. The van der Waals surface area contributed by atoms with Crippen LogP contribution in [0.25, 0.3) is 0 Å². The zero-order valence-electron chi connectivity index (χ0n) is 10.3. The van der Waals surface area contributed by atoms with Crippen molar-refractivity contribution in [2.75, 3.05) is 13.1 Å². The predicted octanol–water partition coefficient (Wildman–Crippen LogP) is 2.27. The number of ketones is 1. The molecule has 0 atom stereocenters. The first-order valence-electron chi connectivity index (χ1n) is 5.83. The van der Waals surface area contributed by atoms with Crippen molar-refractivity contribution in [1.29, 1.82) is 0 Å². The van der Waals surface area contributed by atoms with Crippen LogP contribution < -0.4 is 10.6 Å². The first-order valence-corrected chi connectivity index (χ1v) is 6.63. The first kappa shape index (κ1) is 14.7. The zero-order valence-corrected chi connectivity index (χ0v) is 11.9. The van der Waals surface area contributed by atoms with Crippen LogP contribution in [0, 0.1) is 0 Å². The lowest BCUT2D eigenvalue weighted by atomic mass is 10.1. The van der Waals surface area contributed by atoms with Gasteiger partial charge >= 0.3 is 6.03 Å². The summed E-state index contributed by atoms with van der Waals surface area (Å²) in [5.41, 5.74) is 1.17.